The Balaban J connectivity index is 0. The number of nitrogens with zero attached hydrogens (tertiary/aromatic N) is 1. The van der Waals surface area contributed by atoms with Crippen molar-refractivity contribution >= 4 is 13.8 Å². The summed E-state index contributed by atoms with van der Waals surface area (Å²) in [6, 6.07) is 0. The summed E-state index contributed by atoms with van der Waals surface area (Å²) in [5, 5.41) is 15.1. The second-order valence-electron chi connectivity index (χ2n) is 2.04. The molecule has 0 amide bonds. The van der Waals surface area contributed by atoms with E-state index in [1.54, 1.807) is 7.05 Å². The SMILES string of the molecule is CN(CCO)C(=N)N.O=P(O)(O)O. The van der Waals surface area contributed by atoms with E-state index in [4.69, 9.17) is 35.5 Å². The van der Waals surface area contributed by atoms with Gasteiger partial charge in [-0.3, -0.25) is 5.41 Å². The van der Waals surface area contributed by atoms with E-state index in [1.807, 2.05) is 0 Å². The third-order valence-electron chi connectivity index (χ3n) is 0.847. The van der Waals surface area contributed by atoms with Crippen molar-refractivity contribution in [1.29, 1.82) is 5.41 Å². The Bertz CT molecular complexity index is 184. The van der Waals surface area contributed by atoms with Crippen LogP contribution in [0.4, 0.5) is 0 Å². The lowest BCUT2D eigenvalue weighted by Crippen LogP contribution is -2.34. The number of aliphatic hydroxyl groups is 1. The van der Waals surface area contributed by atoms with Gasteiger partial charge in [0.25, 0.3) is 0 Å². The summed E-state index contributed by atoms with van der Waals surface area (Å²) < 4.78 is 8.88. The van der Waals surface area contributed by atoms with Gasteiger partial charge in [-0.2, -0.15) is 0 Å². The number of phosphoric acid groups is 1. The molecule has 0 bridgehead atoms. The lowest BCUT2D eigenvalue weighted by atomic mass is 10.6. The zero-order valence-corrected chi connectivity index (χ0v) is 7.98. The van der Waals surface area contributed by atoms with Gasteiger partial charge in [-0.15, -0.1) is 0 Å². The number of hydrogen-bond donors (Lipinski definition) is 6. The first kappa shape index (κ1) is 14.8. The minimum absolute atomic E-state index is 0.0148. The van der Waals surface area contributed by atoms with Crippen LogP contribution in [0.5, 0.6) is 0 Å². The molecule has 0 radical (unpaired) electrons. The predicted octanol–water partition coefficient (Wildman–Crippen LogP) is -2.12. The minimum Gasteiger partial charge on any atom is -0.395 e. The maximum Gasteiger partial charge on any atom is 0.466 e. The third-order valence-corrected chi connectivity index (χ3v) is 0.847. The Morgan fingerprint density at radius 3 is 1.92 bits per heavy atom. The van der Waals surface area contributed by atoms with Crippen LogP contribution < -0.4 is 5.73 Å². The molecule has 0 aliphatic heterocycles. The van der Waals surface area contributed by atoms with E-state index < -0.39 is 7.82 Å². The van der Waals surface area contributed by atoms with E-state index >= 15 is 0 Å². The number of guanidine groups is 1. The van der Waals surface area contributed by atoms with Crippen LogP contribution in [0.1, 0.15) is 0 Å². The molecule has 0 aromatic rings. The first-order chi connectivity index (χ1) is 5.68. The quantitative estimate of drug-likeness (QED) is 0.175. The molecule has 80 valence electrons. The Hall–Kier alpha value is -0.660. The summed E-state index contributed by atoms with van der Waals surface area (Å²) in [5.74, 6) is -0.0148. The van der Waals surface area contributed by atoms with E-state index in [-0.39, 0.29) is 12.6 Å². The summed E-state index contributed by atoms with van der Waals surface area (Å²) in [7, 11) is -2.99. The van der Waals surface area contributed by atoms with E-state index in [1.165, 1.54) is 4.90 Å². The number of likely N-dealkylation sites (N-methyl/N-ethyl adjacent to an activating group) is 1. The molecule has 0 saturated carbocycles. The fourth-order valence-electron chi connectivity index (χ4n) is 0.270. The summed E-state index contributed by atoms with van der Waals surface area (Å²) in [5.41, 5.74) is 5.02. The molecule has 0 aliphatic rings. The van der Waals surface area contributed by atoms with Gasteiger partial charge in [0.2, 0.25) is 0 Å². The lowest BCUT2D eigenvalue weighted by molar-refractivity contribution is 0.262. The van der Waals surface area contributed by atoms with E-state index in [0.29, 0.717) is 6.54 Å². The van der Waals surface area contributed by atoms with Gasteiger partial charge < -0.3 is 30.4 Å². The fourth-order valence-corrected chi connectivity index (χ4v) is 0.270. The largest absolute Gasteiger partial charge is 0.466 e. The first-order valence-electron chi connectivity index (χ1n) is 3.12. The molecule has 0 fully saturated rings. The molecule has 0 saturated heterocycles. The van der Waals surface area contributed by atoms with Crippen LogP contribution in [0, 0.1) is 5.41 Å². The maximum atomic E-state index is 8.88. The fraction of sp³-hybridized carbons (Fsp3) is 0.750. The normalized spacial score (nSPS) is 9.92. The summed E-state index contributed by atoms with van der Waals surface area (Å²) in [6.45, 7) is 0.464. The smallest absolute Gasteiger partial charge is 0.395 e. The third kappa shape index (κ3) is 24.6. The van der Waals surface area contributed by atoms with E-state index in [2.05, 4.69) is 0 Å². The molecule has 13 heavy (non-hydrogen) atoms. The number of hydrogen-bond acceptors (Lipinski definition) is 3. The van der Waals surface area contributed by atoms with Crippen LogP contribution in [0.15, 0.2) is 0 Å². The topological polar surface area (TPSA) is 151 Å². The Morgan fingerprint density at radius 2 is 1.85 bits per heavy atom. The van der Waals surface area contributed by atoms with Crippen LogP contribution in [0.3, 0.4) is 0 Å². The standard InChI is InChI=1S/C4H11N3O.H3O4P/c1-7(2-3-8)4(5)6;1-5(2,3)4/h8H,2-3H2,1H3,(H3,5,6);(H3,1,2,3,4). The highest BCUT2D eigenvalue weighted by Crippen LogP contribution is 2.25. The van der Waals surface area contributed by atoms with Gasteiger partial charge in [0.15, 0.2) is 5.96 Å². The first-order valence-corrected chi connectivity index (χ1v) is 4.69. The summed E-state index contributed by atoms with van der Waals surface area (Å²) in [4.78, 5) is 23.0. The summed E-state index contributed by atoms with van der Waals surface area (Å²) >= 11 is 0. The highest BCUT2D eigenvalue weighted by molar-refractivity contribution is 7.45. The van der Waals surface area contributed by atoms with Gasteiger partial charge in [-0.1, -0.05) is 0 Å². The Labute approximate surface area is 75.4 Å². The second kappa shape index (κ2) is 6.81. The molecule has 0 unspecified atom stereocenters. The van der Waals surface area contributed by atoms with Crippen LogP contribution >= 0.6 is 7.82 Å². The monoisotopic (exact) mass is 215 g/mol. The number of nitrogens with two attached hydrogens (primary N) is 1. The highest BCUT2D eigenvalue weighted by atomic mass is 31.2. The zero-order valence-electron chi connectivity index (χ0n) is 7.08. The van der Waals surface area contributed by atoms with Crippen molar-refractivity contribution < 1.29 is 24.4 Å². The van der Waals surface area contributed by atoms with Gasteiger partial charge in [0, 0.05) is 13.6 Å². The van der Waals surface area contributed by atoms with Gasteiger partial charge >= 0.3 is 7.82 Å². The van der Waals surface area contributed by atoms with Crippen LogP contribution in [-0.4, -0.2) is 50.8 Å². The van der Waals surface area contributed by atoms with Crippen molar-refractivity contribution in [2.75, 3.05) is 20.2 Å². The van der Waals surface area contributed by atoms with E-state index in [0.717, 1.165) is 0 Å². The van der Waals surface area contributed by atoms with Crippen molar-refractivity contribution in [1.82, 2.24) is 4.90 Å². The average molecular weight is 215 g/mol. The number of nitrogens with one attached hydrogen (secondary N) is 1. The second-order valence-corrected chi connectivity index (χ2v) is 3.07. The maximum absolute atomic E-state index is 8.88. The van der Waals surface area contributed by atoms with Crippen LogP contribution in [0.25, 0.3) is 0 Å². The summed E-state index contributed by atoms with van der Waals surface area (Å²) in [6.07, 6.45) is 0. The molecular weight excluding hydrogens is 201 g/mol. The number of aliphatic hydroxyl groups excluding tert-OH is 1. The van der Waals surface area contributed by atoms with Gasteiger partial charge in [-0.05, 0) is 0 Å². The molecule has 0 atom stereocenters. The molecule has 0 aromatic carbocycles. The molecule has 0 aromatic heterocycles. The number of rotatable bonds is 2. The molecular formula is C4H14N3O5P. The highest BCUT2D eigenvalue weighted by Gasteiger charge is 2.00. The minimum atomic E-state index is -4.64. The molecule has 0 spiro atoms. The van der Waals surface area contributed by atoms with Crippen molar-refractivity contribution in [2.24, 2.45) is 5.73 Å². The Morgan fingerprint density at radius 1 is 1.54 bits per heavy atom. The molecule has 8 nitrogen and oxygen atoms in total. The zero-order chi connectivity index (χ0) is 11.1. The van der Waals surface area contributed by atoms with Gasteiger partial charge in [0.1, 0.15) is 0 Å². The lowest BCUT2D eigenvalue weighted by Gasteiger charge is -2.13. The molecule has 0 heterocycles. The molecule has 0 aliphatic carbocycles. The Kier molecular flexibility index (Phi) is 7.78. The predicted molar refractivity (Wildman–Crippen MR) is 45.9 cm³/mol. The van der Waals surface area contributed by atoms with Crippen molar-refractivity contribution in [2.45, 2.75) is 0 Å². The van der Waals surface area contributed by atoms with Gasteiger partial charge in [-0.25, -0.2) is 4.57 Å². The van der Waals surface area contributed by atoms with Crippen LogP contribution in [0.2, 0.25) is 0 Å². The average Bonchev–Trinajstić information content (AvgIpc) is 1.84. The molecule has 0 rings (SSSR count). The van der Waals surface area contributed by atoms with Crippen LogP contribution in [-0.2, 0) is 4.57 Å². The van der Waals surface area contributed by atoms with Gasteiger partial charge in [0.05, 0.1) is 6.61 Å². The van der Waals surface area contributed by atoms with E-state index in [9.17, 15) is 0 Å². The molecule has 9 heteroatoms. The van der Waals surface area contributed by atoms with Crippen molar-refractivity contribution in [3.8, 4) is 0 Å². The molecule has 7 N–H and O–H groups in total. The van der Waals surface area contributed by atoms with Crippen molar-refractivity contribution in [3.05, 3.63) is 0 Å². The van der Waals surface area contributed by atoms with Crippen molar-refractivity contribution in [3.63, 3.8) is 0 Å².